The van der Waals surface area contributed by atoms with E-state index in [2.05, 4.69) is 20.9 Å². The summed E-state index contributed by atoms with van der Waals surface area (Å²) in [6, 6.07) is 6.05. The van der Waals surface area contributed by atoms with E-state index in [9.17, 15) is 14.0 Å². The van der Waals surface area contributed by atoms with Gasteiger partial charge in [-0.25, -0.2) is 9.37 Å². The number of thioether (sulfide) groups is 1. The third-order valence-electron chi connectivity index (χ3n) is 4.31. The van der Waals surface area contributed by atoms with E-state index in [1.807, 2.05) is 6.92 Å². The van der Waals surface area contributed by atoms with Crippen molar-refractivity contribution in [3.05, 3.63) is 56.2 Å². The molecule has 0 radical (unpaired) electrons. The Kier molecular flexibility index (Phi) is 7.79. The molecule has 0 aliphatic heterocycles. The Morgan fingerprint density at radius 2 is 2.04 bits per heavy atom. The number of carbonyl (C=O) groups excluding carboxylic acids is 1. The van der Waals surface area contributed by atoms with Crippen molar-refractivity contribution in [2.24, 2.45) is 5.73 Å². The summed E-state index contributed by atoms with van der Waals surface area (Å²) in [5.41, 5.74) is 6.71. The summed E-state index contributed by atoms with van der Waals surface area (Å²) >= 11 is 4.58. The first-order valence-electron chi connectivity index (χ1n) is 8.73. The van der Waals surface area contributed by atoms with Gasteiger partial charge in [-0.3, -0.25) is 14.2 Å². The molecule has 1 heterocycles. The van der Waals surface area contributed by atoms with Crippen molar-refractivity contribution in [1.82, 2.24) is 9.55 Å². The van der Waals surface area contributed by atoms with Gasteiger partial charge < -0.3 is 10.5 Å². The number of halogens is 2. The Balaban J connectivity index is 2.26. The molecule has 1 aromatic carbocycles. The van der Waals surface area contributed by atoms with Crippen molar-refractivity contribution in [2.75, 3.05) is 12.9 Å². The highest BCUT2D eigenvalue weighted by Gasteiger charge is 2.23. The fraction of sp³-hybridized carbons (Fsp3) is 0.421. The van der Waals surface area contributed by atoms with Crippen molar-refractivity contribution in [1.29, 1.82) is 0 Å². The van der Waals surface area contributed by atoms with Gasteiger partial charge in [0.15, 0.2) is 5.16 Å². The molecule has 0 spiro atoms. The number of hydrogen-bond acceptors (Lipinski definition) is 6. The molecule has 0 saturated carbocycles. The van der Waals surface area contributed by atoms with Gasteiger partial charge in [-0.1, -0.05) is 23.9 Å². The highest BCUT2D eigenvalue weighted by molar-refractivity contribution is 9.10. The Hall–Kier alpha value is -1.71. The first-order valence-corrected chi connectivity index (χ1v) is 10.7. The lowest BCUT2D eigenvalue weighted by Gasteiger charge is -2.25. The van der Waals surface area contributed by atoms with Gasteiger partial charge in [-0.15, -0.1) is 0 Å². The molecule has 2 N–H and O–H groups in total. The van der Waals surface area contributed by atoms with E-state index < -0.39 is 11.5 Å². The molecule has 9 heteroatoms. The van der Waals surface area contributed by atoms with Crippen LogP contribution in [0, 0.1) is 5.82 Å². The zero-order chi connectivity index (χ0) is 20.9. The fourth-order valence-corrected chi connectivity index (χ4v) is 3.77. The van der Waals surface area contributed by atoms with E-state index in [1.165, 1.54) is 28.5 Å². The first kappa shape index (κ1) is 22.6. The van der Waals surface area contributed by atoms with Crippen molar-refractivity contribution in [2.45, 2.75) is 43.9 Å². The highest BCUT2D eigenvalue weighted by Crippen LogP contribution is 2.26. The number of esters is 1. The van der Waals surface area contributed by atoms with E-state index in [4.69, 9.17) is 10.5 Å². The van der Waals surface area contributed by atoms with Crippen LogP contribution in [-0.4, -0.2) is 28.4 Å². The van der Waals surface area contributed by atoms with Crippen LogP contribution in [0.25, 0.3) is 0 Å². The molecule has 0 unspecified atom stereocenters. The first-order chi connectivity index (χ1) is 13.2. The average molecular weight is 472 g/mol. The zero-order valence-electron chi connectivity index (χ0n) is 16.0. The molecule has 2 rings (SSSR count). The summed E-state index contributed by atoms with van der Waals surface area (Å²) in [5.74, 6) is -0.814. The van der Waals surface area contributed by atoms with E-state index in [1.54, 1.807) is 25.3 Å². The molecule has 0 fully saturated rings. The highest BCUT2D eigenvalue weighted by atomic mass is 79.9. The Morgan fingerprint density at radius 3 is 2.61 bits per heavy atom. The minimum Gasteiger partial charge on any atom is -0.465 e. The van der Waals surface area contributed by atoms with Crippen LogP contribution in [0.15, 0.2) is 38.7 Å². The third kappa shape index (κ3) is 5.42. The molecular weight excluding hydrogens is 449 g/mol. The van der Waals surface area contributed by atoms with E-state index in [0.29, 0.717) is 28.2 Å². The minimum atomic E-state index is -0.714. The van der Waals surface area contributed by atoms with E-state index >= 15 is 0 Å². The van der Waals surface area contributed by atoms with Crippen molar-refractivity contribution in [3.8, 4) is 0 Å². The van der Waals surface area contributed by atoms with Gasteiger partial charge >= 0.3 is 5.97 Å². The van der Waals surface area contributed by atoms with Crippen LogP contribution in [-0.2, 0) is 28.0 Å². The van der Waals surface area contributed by atoms with Crippen LogP contribution >= 0.6 is 27.7 Å². The summed E-state index contributed by atoms with van der Waals surface area (Å²) in [6.07, 6.45) is 2.72. The van der Waals surface area contributed by atoms with Gasteiger partial charge in [0.25, 0.3) is 5.56 Å². The molecule has 0 aliphatic carbocycles. The van der Waals surface area contributed by atoms with Crippen molar-refractivity contribution in [3.63, 3.8) is 0 Å². The molecule has 28 heavy (non-hydrogen) atoms. The lowest BCUT2D eigenvalue weighted by Crippen LogP contribution is -2.34. The standard InChI is InChI=1S/C19H23BrFN3O3S/c1-4-27-15(25)11-24-17(26)16(20)14(23-18(24)28-3)9-10-19(2,22)12-5-7-13(21)8-6-12/h5-8H,4,9-11,22H2,1-3H3/t19-/m1/s1. The fourth-order valence-electron chi connectivity index (χ4n) is 2.70. The summed E-state index contributed by atoms with van der Waals surface area (Å²) in [6.45, 7) is 3.61. The molecule has 2 aromatic rings. The van der Waals surface area contributed by atoms with Crippen LogP contribution < -0.4 is 11.3 Å². The van der Waals surface area contributed by atoms with Gasteiger partial charge in [0.05, 0.1) is 12.3 Å². The second-order valence-electron chi connectivity index (χ2n) is 6.48. The van der Waals surface area contributed by atoms with Gasteiger partial charge in [0, 0.05) is 5.54 Å². The molecule has 0 bridgehead atoms. The molecular formula is C19H23BrFN3O3S. The van der Waals surface area contributed by atoms with Gasteiger partial charge in [-0.05, 0) is 66.6 Å². The van der Waals surface area contributed by atoms with Crippen molar-refractivity contribution >= 4 is 33.7 Å². The minimum absolute atomic E-state index is 0.196. The number of aromatic nitrogens is 2. The number of benzene rings is 1. The number of nitrogens with zero attached hydrogens (tertiary/aromatic N) is 2. The monoisotopic (exact) mass is 471 g/mol. The third-order valence-corrected chi connectivity index (χ3v) is 5.78. The summed E-state index contributed by atoms with van der Waals surface area (Å²) in [5, 5.41) is 0.428. The molecule has 0 aliphatic rings. The number of ether oxygens (including phenoxy) is 1. The van der Waals surface area contributed by atoms with Crippen LogP contribution in [0.1, 0.15) is 31.5 Å². The number of nitrogens with two attached hydrogens (primary N) is 1. The molecule has 0 amide bonds. The van der Waals surface area contributed by atoms with E-state index in [-0.39, 0.29) is 24.5 Å². The van der Waals surface area contributed by atoms with E-state index in [0.717, 1.165) is 5.56 Å². The number of hydrogen-bond donors (Lipinski definition) is 1. The molecule has 152 valence electrons. The molecule has 0 saturated heterocycles. The number of carbonyl (C=O) groups is 1. The second kappa shape index (κ2) is 9.67. The Morgan fingerprint density at radius 1 is 1.39 bits per heavy atom. The van der Waals surface area contributed by atoms with Crippen molar-refractivity contribution < 1.29 is 13.9 Å². The summed E-state index contributed by atoms with van der Waals surface area (Å²) in [4.78, 5) is 29.0. The lowest BCUT2D eigenvalue weighted by atomic mass is 9.88. The zero-order valence-corrected chi connectivity index (χ0v) is 18.4. The maximum Gasteiger partial charge on any atom is 0.326 e. The normalized spacial score (nSPS) is 13.2. The maximum atomic E-state index is 13.2. The number of aryl methyl sites for hydroxylation is 1. The largest absolute Gasteiger partial charge is 0.465 e. The molecule has 6 nitrogen and oxygen atoms in total. The average Bonchev–Trinajstić information content (AvgIpc) is 2.65. The molecule has 1 aromatic heterocycles. The summed E-state index contributed by atoms with van der Waals surface area (Å²) < 4.78 is 19.7. The SMILES string of the molecule is CCOC(=O)Cn1c(SC)nc(CC[C@@](C)(N)c2ccc(F)cc2)c(Br)c1=O. The Bertz CT molecular complexity index is 901. The Labute approximate surface area is 175 Å². The van der Waals surface area contributed by atoms with Crippen LogP contribution in [0.5, 0.6) is 0 Å². The van der Waals surface area contributed by atoms with Gasteiger partial charge in [0.1, 0.15) is 16.8 Å². The predicted molar refractivity (Wildman–Crippen MR) is 111 cm³/mol. The summed E-state index contributed by atoms with van der Waals surface area (Å²) in [7, 11) is 0. The van der Waals surface area contributed by atoms with Crippen LogP contribution in [0.2, 0.25) is 0 Å². The lowest BCUT2D eigenvalue weighted by molar-refractivity contribution is -0.144. The second-order valence-corrected chi connectivity index (χ2v) is 8.05. The predicted octanol–water partition coefficient (Wildman–Crippen LogP) is 3.24. The van der Waals surface area contributed by atoms with Gasteiger partial charge in [-0.2, -0.15) is 0 Å². The number of rotatable bonds is 8. The van der Waals surface area contributed by atoms with Crippen LogP contribution in [0.3, 0.4) is 0 Å². The molecule has 1 atom stereocenters. The quantitative estimate of drug-likeness (QED) is 0.361. The van der Waals surface area contributed by atoms with Crippen LogP contribution in [0.4, 0.5) is 4.39 Å². The smallest absolute Gasteiger partial charge is 0.326 e. The topological polar surface area (TPSA) is 87.2 Å². The maximum absolute atomic E-state index is 13.2. The van der Waals surface area contributed by atoms with Gasteiger partial charge in [0.2, 0.25) is 0 Å².